The van der Waals surface area contributed by atoms with Gasteiger partial charge < -0.3 is 10.0 Å². The van der Waals surface area contributed by atoms with Crippen LogP contribution in [0.15, 0.2) is 0 Å². The highest BCUT2D eigenvalue weighted by molar-refractivity contribution is 5.74. The van der Waals surface area contributed by atoms with E-state index in [-0.39, 0.29) is 6.04 Å². The van der Waals surface area contributed by atoms with Gasteiger partial charge in [0.25, 0.3) is 0 Å². The molecule has 1 atom stereocenters. The van der Waals surface area contributed by atoms with Gasteiger partial charge in [0.1, 0.15) is 6.04 Å². The highest BCUT2D eigenvalue weighted by Gasteiger charge is 2.33. The fraction of sp³-hybridized carbons (Fsp3) is 0.909. The topological polar surface area (TPSA) is 43.8 Å². The Hall–Kier alpha value is -0.610. The summed E-state index contributed by atoms with van der Waals surface area (Å²) in [7, 11) is 2.00. The molecule has 0 aromatic heterocycles. The van der Waals surface area contributed by atoms with Crippen LogP contribution in [0.3, 0.4) is 0 Å². The molecule has 0 radical (unpaired) electrons. The van der Waals surface area contributed by atoms with Crippen molar-refractivity contribution in [2.24, 2.45) is 5.92 Å². The largest absolute Gasteiger partial charge is 0.480 e. The first-order valence-electron chi connectivity index (χ1n) is 5.82. The molecule has 0 amide bonds. The average molecular weight is 212 g/mol. The Morgan fingerprint density at radius 1 is 1.40 bits per heavy atom. The molecule has 0 aromatic rings. The lowest BCUT2D eigenvalue weighted by Gasteiger charge is -2.41. The third kappa shape index (κ3) is 2.49. The Morgan fingerprint density at radius 2 is 2.13 bits per heavy atom. The van der Waals surface area contributed by atoms with Crippen LogP contribution in [0.5, 0.6) is 0 Å². The number of carbonyl (C=O) groups is 1. The number of hydrogen-bond acceptors (Lipinski definition) is 3. The first-order chi connectivity index (χ1) is 7.16. The Balaban J connectivity index is 1.91. The Labute approximate surface area is 90.9 Å². The van der Waals surface area contributed by atoms with Crippen molar-refractivity contribution in [3.8, 4) is 0 Å². The minimum absolute atomic E-state index is 0.288. The quantitative estimate of drug-likeness (QED) is 0.739. The minimum atomic E-state index is -0.666. The summed E-state index contributed by atoms with van der Waals surface area (Å²) in [6, 6.07) is -0.288. The molecule has 0 bridgehead atoms. The third-order valence-corrected chi connectivity index (χ3v) is 3.70. The van der Waals surface area contributed by atoms with Crippen molar-refractivity contribution in [2.75, 3.05) is 33.2 Å². The highest BCUT2D eigenvalue weighted by Crippen LogP contribution is 2.28. The maximum absolute atomic E-state index is 11.1. The summed E-state index contributed by atoms with van der Waals surface area (Å²) >= 11 is 0. The molecule has 1 N–H and O–H groups in total. The van der Waals surface area contributed by atoms with Crippen LogP contribution in [-0.4, -0.2) is 60.1 Å². The first-order valence-corrected chi connectivity index (χ1v) is 5.82. The first kappa shape index (κ1) is 10.9. The van der Waals surface area contributed by atoms with Gasteiger partial charge in [0.15, 0.2) is 0 Å². The summed E-state index contributed by atoms with van der Waals surface area (Å²) in [5.41, 5.74) is 0. The van der Waals surface area contributed by atoms with Crippen molar-refractivity contribution < 1.29 is 9.90 Å². The van der Waals surface area contributed by atoms with Gasteiger partial charge in [0, 0.05) is 26.2 Å². The second-order valence-electron chi connectivity index (χ2n) is 4.91. The lowest BCUT2D eigenvalue weighted by molar-refractivity contribution is -0.146. The standard InChI is InChI=1S/C11H20N2O2/c1-12-5-6-13(7-9-3-2-4-9)10(8-12)11(14)15/h9-10H,2-8H2,1H3,(H,14,15). The van der Waals surface area contributed by atoms with Gasteiger partial charge in [-0.05, 0) is 25.8 Å². The summed E-state index contributed by atoms with van der Waals surface area (Å²) in [5, 5.41) is 9.16. The van der Waals surface area contributed by atoms with E-state index in [4.69, 9.17) is 5.11 Å². The van der Waals surface area contributed by atoms with Gasteiger partial charge in [0.2, 0.25) is 0 Å². The predicted octanol–water partition coefficient (Wildman–Crippen LogP) is 0.487. The average Bonchev–Trinajstić information content (AvgIpc) is 2.12. The Bertz CT molecular complexity index is 241. The van der Waals surface area contributed by atoms with Crippen molar-refractivity contribution >= 4 is 5.97 Å². The third-order valence-electron chi connectivity index (χ3n) is 3.70. The zero-order valence-electron chi connectivity index (χ0n) is 9.35. The van der Waals surface area contributed by atoms with Crippen LogP contribution in [0.4, 0.5) is 0 Å². The number of aliphatic carboxylic acids is 1. The van der Waals surface area contributed by atoms with Crippen LogP contribution in [0.2, 0.25) is 0 Å². The zero-order chi connectivity index (χ0) is 10.8. The number of likely N-dealkylation sites (N-methyl/N-ethyl adjacent to an activating group) is 1. The monoisotopic (exact) mass is 212 g/mol. The number of carboxylic acids is 1. The van der Waals surface area contributed by atoms with Crippen LogP contribution in [0.1, 0.15) is 19.3 Å². The van der Waals surface area contributed by atoms with E-state index >= 15 is 0 Å². The number of nitrogens with zero attached hydrogens (tertiary/aromatic N) is 2. The molecule has 86 valence electrons. The summed E-state index contributed by atoms with van der Waals surface area (Å²) < 4.78 is 0. The second-order valence-corrected chi connectivity index (χ2v) is 4.91. The van der Waals surface area contributed by atoms with Gasteiger partial charge in [-0.15, -0.1) is 0 Å². The molecule has 1 saturated heterocycles. The normalized spacial score (nSPS) is 30.1. The molecule has 2 rings (SSSR count). The van der Waals surface area contributed by atoms with E-state index in [0.717, 1.165) is 25.6 Å². The predicted molar refractivity (Wildman–Crippen MR) is 57.8 cm³/mol. The van der Waals surface area contributed by atoms with E-state index in [9.17, 15) is 4.79 Å². The van der Waals surface area contributed by atoms with Crippen LogP contribution >= 0.6 is 0 Å². The molecule has 4 nitrogen and oxygen atoms in total. The maximum Gasteiger partial charge on any atom is 0.322 e. The molecule has 4 heteroatoms. The molecule has 1 heterocycles. The SMILES string of the molecule is CN1CCN(CC2CCC2)C(C(=O)O)C1. The maximum atomic E-state index is 11.1. The summed E-state index contributed by atoms with van der Waals surface area (Å²) in [5.74, 6) is 0.0936. The molecular formula is C11H20N2O2. The van der Waals surface area contributed by atoms with Crippen molar-refractivity contribution in [3.63, 3.8) is 0 Å². The summed E-state index contributed by atoms with van der Waals surface area (Å²) in [6.07, 6.45) is 3.91. The molecule has 1 saturated carbocycles. The lowest BCUT2D eigenvalue weighted by atomic mass is 9.84. The molecule has 1 unspecified atom stereocenters. The molecule has 1 aliphatic heterocycles. The molecule has 1 aliphatic carbocycles. The van der Waals surface area contributed by atoms with Crippen molar-refractivity contribution in [3.05, 3.63) is 0 Å². The van der Waals surface area contributed by atoms with Gasteiger partial charge in [-0.25, -0.2) is 0 Å². The van der Waals surface area contributed by atoms with E-state index in [1.54, 1.807) is 0 Å². The smallest absolute Gasteiger partial charge is 0.322 e. The van der Waals surface area contributed by atoms with Gasteiger partial charge in [-0.1, -0.05) is 6.42 Å². The van der Waals surface area contributed by atoms with Gasteiger partial charge in [-0.3, -0.25) is 9.69 Å². The lowest BCUT2D eigenvalue weighted by Crippen LogP contribution is -2.56. The Kier molecular flexibility index (Phi) is 3.26. The molecule has 0 aromatic carbocycles. The summed E-state index contributed by atoms with van der Waals surface area (Å²) in [6.45, 7) is 3.56. The van der Waals surface area contributed by atoms with E-state index in [1.807, 2.05) is 7.05 Å². The number of rotatable bonds is 3. The molecule has 0 spiro atoms. The number of hydrogen-bond donors (Lipinski definition) is 1. The number of piperazine rings is 1. The van der Waals surface area contributed by atoms with E-state index in [2.05, 4.69) is 9.80 Å². The molecular weight excluding hydrogens is 192 g/mol. The second kappa shape index (κ2) is 4.49. The number of carboxylic acid groups (broad SMARTS) is 1. The van der Waals surface area contributed by atoms with Crippen molar-refractivity contribution in [2.45, 2.75) is 25.3 Å². The molecule has 2 fully saturated rings. The van der Waals surface area contributed by atoms with Crippen molar-refractivity contribution in [1.29, 1.82) is 0 Å². The fourth-order valence-corrected chi connectivity index (χ4v) is 2.42. The van der Waals surface area contributed by atoms with Gasteiger partial charge in [-0.2, -0.15) is 0 Å². The summed E-state index contributed by atoms with van der Waals surface area (Å²) in [4.78, 5) is 15.4. The molecule has 2 aliphatic rings. The van der Waals surface area contributed by atoms with Gasteiger partial charge in [0.05, 0.1) is 0 Å². The van der Waals surface area contributed by atoms with Gasteiger partial charge >= 0.3 is 5.97 Å². The van der Waals surface area contributed by atoms with E-state index in [1.165, 1.54) is 19.3 Å². The Morgan fingerprint density at radius 3 is 2.67 bits per heavy atom. The van der Waals surface area contributed by atoms with Crippen LogP contribution in [-0.2, 0) is 4.79 Å². The minimum Gasteiger partial charge on any atom is -0.480 e. The van der Waals surface area contributed by atoms with Crippen LogP contribution < -0.4 is 0 Å². The van der Waals surface area contributed by atoms with Crippen molar-refractivity contribution in [1.82, 2.24) is 9.80 Å². The van der Waals surface area contributed by atoms with Crippen LogP contribution in [0, 0.1) is 5.92 Å². The van der Waals surface area contributed by atoms with E-state index in [0.29, 0.717) is 6.54 Å². The zero-order valence-corrected chi connectivity index (χ0v) is 9.35. The highest BCUT2D eigenvalue weighted by atomic mass is 16.4. The van der Waals surface area contributed by atoms with Crippen LogP contribution in [0.25, 0.3) is 0 Å². The molecule has 15 heavy (non-hydrogen) atoms. The fourth-order valence-electron chi connectivity index (χ4n) is 2.42. The van der Waals surface area contributed by atoms with E-state index < -0.39 is 5.97 Å².